The highest BCUT2D eigenvalue weighted by Crippen LogP contribution is 2.30. The molecule has 0 fully saturated rings. The lowest BCUT2D eigenvalue weighted by Gasteiger charge is -2.19. The maximum absolute atomic E-state index is 12.0. The first-order chi connectivity index (χ1) is 17.4. The van der Waals surface area contributed by atoms with Crippen molar-refractivity contribution in [2.45, 2.75) is 32.7 Å². The van der Waals surface area contributed by atoms with Crippen molar-refractivity contribution >= 4 is 23.4 Å². The molecule has 186 valence electrons. The van der Waals surface area contributed by atoms with Gasteiger partial charge in [0, 0.05) is 30.4 Å². The van der Waals surface area contributed by atoms with Crippen LogP contribution in [0.1, 0.15) is 53.1 Å². The number of carbonyl (C=O) groups excluding carboxylic acids is 1. The van der Waals surface area contributed by atoms with Gasteiger partial charge in [-0.05, 0) is 36.2 Å². The molecule has 0 aliphatic heterocycles. The average Bonchev–Trinajstić information content (AvgIpc) is 3.38. The first kappa shape index (κ1) is 24.8. The highest BCUT2D eigenvalue weighted by molar-refractivity contribution is 5.95. The minimum absolute atomic E-state index is 0.0938. The summed E-state index contributed by atoms with van der Waals surface area (Å²) >= 11 is 0. The number of aryl methyl sites for hydroxylation is 1. The predicted molar refractivity (Wildman–Crippen MR) is 137 cm³/mol. The van der Waals surface area contributed by atoms with Crippen LogP contribution in [0.4, 0.5) is 17.5 Å². The van der Waals surface area contributed by atoms with Gasteiger partial charge < -0.3 is 25.6 Å². The van der Waals surface area contributed by atoms with E-state index in [0.29, 0.717) is 28.7 Å². The molecule has 4 N–H and O–H groups in total. The van der Waals surface area contributed by atoms with Crippen molar-refractivity contribution < 1.29 is 14.4 Å². The van der Waals surface area contributed by atoms with Gasteiger partial charge in [0.25, 0.3) is 11.8 Å². The van der Waals surface area contributed by atoms with Crippen molar-refractivity contribution in [3.63, 3.8) is 0 Å². The lowest BCUT2D eigenvalue weighted by molar-refractivity contribution is 0.0962. The van der Waals surface area contributed by atoms with E-state index in [9.17, 15) is 9.90 Å². The van der Waals surface area contributed by atoms with Gasteiger partial charge in [-0.1, -0.05) is 49.3 Å². The molecule has 10 nitrogen and oxygen atoms in total. The standard InChI is InChI=1S/C26H29N7O3/c1-15(2)22-31-25(36-33-22)20-13-28-26(29-18-10-11-19(16(3)12-18)24(35)27-4)32-23(20)30-21(14-34)17-8-6-5-7-9-17/h5-13,15,21,34H,14H2,1-4H3,(H,27,35)(H2,28,29,30,32)/t21-/m1/s1. The van der Waals surface area contributed by atoms with Crippen LogP contribution < -0.4 is 16.0 Å². The molecule has 0 saturated heterocycles. The molecule has 1 amide bonds. The van der Waals surface area contributed by atoms with E-state index < -0.39 is 6.04 Å². The predicted octanol–water partition coefficient (Wildman–Crippen LogP) is 4.21. The van der Waals surface area contributed by atoms with Crippen LogP contribution in [0.15, 0.2) is 59.3 Å². The van der Waals surface area contributed by atoms with Gasteiger partial charge in [0.05, 0.1) is 12.6 Å². The van der Waals surface area contributed by atoms with Gasteiger partial charge in [-0.25, -0.2) is 4.98 Å². The Morgan fingerprint density at radius 2 is 1.89 bits per heavy atom. The Bertz CT molecular complexity index is 1340. The third-order valence-electron chi connectivity index (χ3n) is 5.63. The van der Waals surface area contributed by atoms with Crippen molar-refractivity contribution in [1.29, 1.82) is 0 Å². The highest BCUT2D eigenvalue weighted by Gasteiger charge is 2.20. The fourth-order valence-corrected chi connectivity index (χ4v) is 3.63. The van der Waals surface area contributed by atoms with E-state index in [1.807, 2.05) is 57.2 Å². The Morgan fingerprint density at radius 1 is 1.11 bits per heavy atom. The van der Waals surface area contributed by atoms with E-state index >= 15 is 0 Å². The number of nitrogens with zero attached hydrogens (tertiary/aromatic N) is 4. The number of amides is 1. The summed E-state index contributed by atoms with van der Waals surface area (Å²) in [6.07, 6.45) is 1.60. The van der Waals surface area contributed by atoms with Crippen molar-refractivity contribution in [1.82, 2.24) is 25.4 Å². The van der Waals surface area contributed by atoms with Gasteiger partial charge in [0.1, 0.15) is 11.4 Å². The summed E-state index contributed by atoms with van der Waals surface area (Å²) in [5.74, 6) is 1.54. The van der Waals surface area contributed by atoms with Crippen LogP contribution in [0.5, 0.6) is 0 Å². The number of rotatable bonds is 9. The van der Waals surface area contributed by atoms with Crippen LogP contribution in [0.3, 0.4) is 0 Å². The van der Waals surface area contributed by atoms with Crippen LogP contribution in [0, 0.1) is 6.92 Å². The van der Waals surface area contributed by atoms with E-state index in [1.165, 1.54) is 0 Å². The Labute approximate surface area is 209 Å². The van der Waals surface area contributed by atoms with E-state index in [2.05, 4.69) is 36.1 Å². The number of anilines is 3. The Balaban J connectivity index is 1.69. The summed E-state index contributed by atoms with van der Waals surface area (Å²) in [6.45, 7) is 5.66. The Hall–Kier alpha value is -4.31. The monoisotopic (exact) mass is 487 g/mol. The average molecular weight is 488 g/mol. The molecular weight excluding hydrogens is 458 g/mol. The molecule has 0 spiro atoms. The lowest BCUT2D eigenvalue weighted by Crippen LogP contribution is -2.19. The Morgan fingerprint density at radius 3 is 2.53 bits per heavy atom. The summed E-state index contributed by atoms with van der Waals surface area (Å²) in [6, 6.07) is 14.5. The minimum atomic E-state index is -0.422. The smallest absolute Gasteiger partial charge is 0.263 e. The van der Waals surface area contributed by atoms with E-state index in [4.69, 9.17) is 4.52 Å². The summed E-state index contributed by atoms with van der Waals surface area (Å²) in [4.78, 5) is 25.6. The molecular formula is C26H29N7O3. The number of hydrogen-bond donors (Lipinski definition) is 4. The summed E-state index contributed by atoms with van der Waals surface area (Å²) in [5, 5.41) is 23.3. The van der Waals surface area contributed by atoms with E-state index in [-0.39, 0.29) is 24.3 Å². The molecule has 36 heavy (non-hydrogen) atoms. The maximum atomic E-state index is 12.0. The molecule has 4 aromatic rings. The normalized spacial score (nSPS) is 11.8. The first-order valence-corrected chi connectivity index (χ1v) is 11.6. The number of aromatic nitrogens is 4. The first-order valence-electron chi connectivity index (χ1n) is 11.6. The summed E-state index contributed by atoms with van der Waals surface area (Å²) < 4.78 is 5.49. The molecule has 2 aromatic heterocycles. The zero-order valence-electron chi connectivity index (χ0n) is 20.6. The fourth-order valence-electron chi connectivity index (χ4n) is 3.63. The number of nitrogens with one attached hydrogen (secondary N) is 3. The summed E-state index contributed by atoms with van der Waals surface area (Å²) in [7, 11) is 1.60. The fraction of sp³-hybridized carbons (Fsp3) is 0.269. The second kappa shape index (κ2) is 11.0. The second-order valence-electron chi connectivity index (χ2n) is 8.59. The van der Waals surface area contributed by atoms with Crippen molar-refractivity contribution in [2.24, 2.45) is 0 Å². The molecule has 0 bridgehead atoms. The van der Waals surface area contributed by atoms with Crippen LogP contribution in [0.2, 0.25) is 0 Å². The van der Waals surface area contributed by atoms with Crippen LogP contribution in [0.25, 0.3) is 11.5 Å². The Kier molecular flexibility index (Phi) is 7.55. The number of hydrogen-bond acceptors (Lipinski definition) is 9. The number of aliphatic hydroxyl groups is 1. The zero-order valence-corrected chi connectivity index (χ0v) is 20.6. The molecule has 4 rings (SSSR count). The minimum Gasteiger partial charge on any atom is -0.394 e. The van der Waals surface area contributed by atoms with Gasteiger partial charge in [-0.15, -0.1) is 0 Å². The third kappa shape index (κ3) is 5.49. The quantitative estimate of drug-likeness (QED) is 0.273. The lowest BCUT2D eigenvalue weighted by atomic mass is 10.1. The molecule has 0 unspecified atom stereocenters. The molecule has 0 saturated carbocycles. The third-order valence-corrected chi connectivity index (χ3v) is 5.63. The maximum Gasteiger partial charge on any atom is 0.263 e. The number of benzene rings is 2. The van der Waals surface area contributed by atoms with E-state index in [0.717, 1.165) is 16.8 Å². The van der Waals surface area contributed by atoms with Crippen molar-refractivity contribution in [3.05, 3.63) is 77.2 Å². The molecule has 0 aliphatic rings. The molecule has 0 radical (unpaired) electrons. The van der Waals surface area contributed by atoms with Crippen LogP contribution >= 0.6 is 0 Å². The van der Waals surface area contributed by atoms with Gasteiger partial charge in [0.2, 0.25) is 5.95 Å². The molecule has 2 heterocycles. The second-order valence-corrected chi connectivity index (χ2v) is 8.59. The zero-order chi connectivity index (χ0) is 25.7. The topological polar surface area (TPSA) is 138 Å². The molecule has 10 heteroatoms. The molecule has 2 aromatic carbocycles. The van der Waals surface area contributed by atoms with Gasteiger partial charge in [-0.3, -0.25) is 4.79 Å². The van der Waals surface area contributed by atoms with Crippen LogP contribution in [-0.4, -0.2) is 44.8 Å². The SMILES string of the molecule is CNC(=O)c1ccc(Nc2ncc(-c3nc(C(C)C)no3)c(N[C@H](CO)c3ccccc3)n2)cc1C. The van der Waals surface area contributed by atoms with Crippen molar-refractivity contribution in [2.75, 3.05) is 24.3 Å². The van der Waals surface area contributed by atoms with Crippen LogP contribution in [-0.2, 0) is 0 Å². The summed E-state index contributed by atoms with van der Waals surface area (Å²) in [5.41, 5.74) is 3.53. The van der Waals surface area contributed by atoms with Gasteiger partial charge >= 0.3 is 0 Å². The number of aliphatic hydroxyl groups excluding tert-OH is 1. The van der Waals surface area contributed by atoms with Crippen molar-refractivity contribution in [3.8, 4) is 11.5 Å². The number of carbonyl (C=O) groups is 1. The highest BCUT2D eigenvalue weighted by atomic mass is 16.5. The molecule has 0 aliphatic carbocycles. The van der Waals surface area contributed by atoms with Gasteiger partial charge in [-0.2, -0.15) is 9.97 Å². The largest absolute Gasteiger partial charge is 0.394 e. The van der Waals surface area contributed by atoms with E-state index in [1.54, 1.807) is 25.4 Å². The molecule has 1 atom stereocenters. The van der Waals surface area contributed by atoms with Gasteiger partial charge in [0.15, 0.2) is 5.82 Å².